The molecule has 1 aliphatic carbocycles. The number of rotatable bonds is 5. The number of carboxylic acid groups (broad SMARTS) is 1. The first kappa shape index (κ1) is 10.5. The second-order valence-corrected chi connectivity index (χ2v) is 4.77. The van der Waals surface area contributed by atoms with E-state index in [0.29, 0.717) is 11.8 Å². The van der Waals surface area contributed by atoms with Crippen molar-refractivity contribution in [1.82, 2.24) is 0 Å². The number of hydrogen-bond donors (Lipinski definition) is 2. The van der Waals surface area contributed by atoms with Crippen LogP contribution in [0.5, 0.6) is 0 Å². The molecule has 0 aromatic carbocycles. The lowest BCUT2D eigenvalue weighted by Gasteiger charge is -2.06. The van der Waals surface area contributed by atoms with Gasteiger partial charge in [-0.15, -0.1) is 0 Å². The third-order valence-corrected chi connectivity index (χ3v) is 3.10. The van der Waals surface area contributed by atoms with Gasteiger partial charge in [0.25, 0.3) is 0 Å². The Morgan fingerprint density at radius 1 is 1.69 bits per heavy atom. The summed E-state index contributed by atoms with van der Waals surface area (Å²) >= 11 is 0. The van der Waals surface area contributed by atoms with Crippen LogP contribution in [0.3, 0.4) is 0 Å². The molecule has 0 bridgehead atoms. The normalized spacial score (nSPS) is 26.8. The number of carboxylic acids is 1. The van der Waals surface area contributed by atoms with E-state index in [4.69, 9.17) is 10.8 Å². The smallest absolute Gasteiger partial charge is 0.320 e. The van der Waals surface area contributed by atoms with Crippen LogP contribution in [0, 0.1) is 11.3 Å². The molecule has 0 aromatic heterocycles. The third-order valence-electron chi connectivity index (χ3n) is 3.10. The lowest BCUT2D eigenvalue weighted by atomic mass is 10.0. The van der Waals surface area contributed by atoms with Crippen molar-refractivity contribution in [2.75, 3.05) is 0 Å². The van der Waals surface area contributed by atoms with Gasteiger partial charge in [0.2, 0.25) is 0 Å². The maximum atomic E-state index is 10.4. The van der Waals surface area contributed by atoms with Crippen LogP contribution in [0.4, 0.5) is 0 Å². The van der Waals surface area contributed by atoms with E-state index in [1.54, 1.807) is 0 Å². The van der Waals surface area contributed by atoms with Crippen LogP contribution in [0.1, 0.15) is 39.5 Å². The Bertz CT molecular complexity index is 201. The summed E-state index contributed by atoms with van der Waals surface area (Å²) in [4.78, 5) is 10.4. The molecule has 1 unspecified atom stereocenters. The van der Waals surface area contributed by atoms with Gasteiger partial charge in [0.15, 0.2) is 0 Å². The van der Waals surface area contributed by atoms with Gasteiger partial charge in [-0.25, -0.2) is 0 Å². The summed E-state index contributed by atoms with van der Waals surface area (Å²) in [5.74, 6) is -0.0800. The summed E-state index contributed by atoms with van der Waals surface area (Å²) in [6, 6.07) is -0.665. The highest BCUT2D eigenvalue weighted by Gasteiger charge is 2.44. The SMILES string of the molecule is CC1(C)CC1CCC[C@H](N)C(=O)O. The zero-order valence-corrected chi connectivity index (χ0v) is 8.42. The molecule has 3 N–H and O–H groups in total. The second kappa shape index (κ2) is 3.66. The van der Waals surface area contributed by atoms with E-state index in [1.807, 2.05) is 0 Å². The van der Waals surface area contributed by atoms with E-state index in [0.717, 1.165) is 18.8 Å². The largest absolute Gasteiger partial charge is 0.480 e. The third kappa shape index (κ3) is 2.99. The van der Waals surface area contributed by atoms with Crippen LogP contribution in [-0.4, -0.2) is 17.1 Å². The molecule has 2 atom stereocenters. The molecular formula is C10H19NO2. The molecule has 3 nitrogen and oxygen atoms in total. The monoisotopic (exact) mass is 185 g/mol. The van der Waals surface area contributed by atoms with Crippen molar-refractivity contribution in [2.45, 2.75) is 45.6 Å². The lowest BCUT2D eigenvalue weighted by Crippen LogP contribution is -2.29. The van der Waals surface area contributed by atoms with Gasteiger partial charge in [0, 0.05) is 0 Å². The first-order valence-corrected chi connectivity index (χ1v) is 4.92. The van der Waals surface area contributed by atoms with Gasteiger partial charge in [0.1, 0.15) is 6.04 Å². The quantitative estimate of drug-likeness (QED) is 0.684. The van der Waals surface area contributed by atoms with E-state index < -0.39 is 12.0 Å². The van der Waals surface area contributed by atoms with Crippen molar-refractivity contribution in [3.63, 3.8) is 0 Å². The molecule has 0 spiro atoms. The summed E-state index contributed by atoms with van der Waals surface area (Å²) in [5, 5.41) is 8.54. The molecule has 1 aliphatic rings. The van der Waals surface area contributed by atoms with Crippen LogP contribution in [0.2, 0.25) is 0 Å². The number of nitrogens with two attached hydrogens (primary N) is 1. The molecule has 1 rings (SSSR count). The molecule has 76 valence electrons. The molecule has 0 heterocycles. The fourth-order valence-corrected chi connectivity index (χ4v) is 1.78. The summed E-state index contributed by atoms with van der Waals surface area (Å²) in [6.07, 6.45) is 3.98. The van der Waals surface area contributed by atoms with Crippen molar-refractivity contribution in [3.05, 3.63) is 0 Å². The zero-order valence-electron chi connectivity index (χ0n) is 8.42. The van der Waals surface area contributed by atoms with Crippen LogP contribution in [0.25, 0.3) is 0 Å². The molecule has 3 heteroatoms. The molecule has 0 aromatic rings. The standard InChI is InChI=1S/C10H19NO2/c1-10(2)6-7(10)4-3-5-8(11)9(12)13/h7-8H,3-6,11H2,1-2H3,(H,12,13)/t7?,8-/m0/s1. The van der Waals surface area contributed by atoms with E-state index >= 15 is 0 Å². The van der Waals surface area contributed by atoms with Crippen LogP contribution in [0.15, 0.2) is 0 Å². The molecule has 0 amide bonds. The van der Waals surface area contributed by atoms with E-state index in [1.165, 1.54) is 6.42 Å². The summed E-state index contributed by atoms with van der Waals surface area (Å²) in [6.45, 7) is 4.52. The molecular weight excluding hydrogens is 166 g/mol. The van der Waals surface area contributed by atoms with Crippen molar-refractivity contribution in [1.29, 1.82) is 0 Å². The van der Waals surface area contributed by atoms with Crippen molar-refractivity contribution < 1.29 is 9.90 Å². The van der Waals surface area contributed by atoms with Gasteiger partial charge in [0.05, 0.1) is 0 Å². The molecule has 1 fully saturated rings. The molecule has 0 saturated heterocycles. The predicted octanol–water partition coefficient (Wildman–Crippen LogP) is 1.61. The van der Waals surface area contributed by atoms with Gasteiger partial charge in [-0.1, -0.05) is 20.3 Å². The average molecular weight is 185 g/mol. The Morgan fingerprint density at radius 3 is 2.62 bits per heavy atom. The Morgan fingerprint density at radius 2 is 2.23 bits per heavy atom. The fraction of sp³-hybridized carbons (Fsp3) is 0.900. The van der Waals surface area contributed by atoms with Crippen molar-refractivity contribution in [2.24, 2.45) is 17.1 Å². The Kier molecular flexibility index (Phi) is 2.96. The van der Waals surface area contributed by atoms with Gasteiger partial charge in [-0.2, -0.15) is 0 Å². The Labute approximate surface area is 79.3 Å². The lowest BCUT2D eigenvalue weighted by molar-refractivity contribution is -0.138. The van der Waals surface area contributed by atoms with Gasteiger partial charge >= 0.3 is 5.97 Å². The van der Waals surface area contributed by atoms with E-state index in [-0.39, 0.29) is 0 Å². The first-order chi connectivity index (χ1) is 5.93. The second-order valence-electron chi connectivity index (χ2n) is 4.77. The summed E-state index contributed by atoms with van der Waals surface area (Å²) < 4.78 is 0. The topological polar surface area (TPSA) is 63.3 Å². The average Bonchev–Trinajstić information content (AvgIpc) is 2.58. The molecule has 0 radical (unpaired) electrons. The first-order valence-electron chi connectivity index (χ1n) is 4.92. The molecule has 13 heavy (non-hydrogen) atoms. The molecule has 1 saturated carbocycles. The Balaban J connectivity index is 2.06. The maximum Gasteiger partial charge on any atom is 0.320 e. The highest BCUT2D eigenvalue weighted by Crippen LogP contribution is 2.54. The maximum absolute atomic E-state index is 10.4. The molecule has 0 aliphatic heterocycles. The van der Waals surface area contributed by atoms with Crippen molar-refractivity contribution in [3.8, 4) is 0 Å². The van der Waals surface area contributed by atoms with Gasteiger partial charge in [-0.3, -0.25) is 4.79 Å². The van der Waals surface area contributed by atoms with Crippen molar-refractivity contribution >= 4 is 5.97 Å². The zero-order chi connectivity index (χ0) is 10.1. The highest BCUT2D eigenvalue weighted by molar-refractivity contribution is 5.72. The van der Waals surface area contributed by atoms with Gasteiger partial charge < -0.3 is 10.8 Å². The summed E-state index contributed by atoms with van der Waals surface area (Å²) in [7, 11) is 0. The van der Waals surface area contributed by atoms with Crippen LogP contribution < -0.4 is 5.73 Å². The van der Waals surface area contributed by atoms with E-state index in [2.05, 4.69) is 13.8 Å². The minimum Gasteiger partial charge on any atom is -0.480 e. The highest BCUT2D eigenvalue weighted by atomic mass is 16.4. The Hall–Kier alpha value is -0.570. The number of hydrogen-bond acceptors (Lipinski definition) is 2. The number of aliphatic carboxylic acids is 1. The van der Waals surface area contributed by atoms with E-state index in [9.17, 15) is 4.79 Å². The van der Waals surface area contributed by atoms with Crippen LogP contribution >= 0.6 is 0 Å². The van der Waals surface area contributed by atoms with Gasteiger partial charge in [-0.05, 0) is 30.6 Å². The fourth-order valence-electron chi connectivity index (χ4n) is 1.78. The minimum absolute atomic E-state index is 0.507. The van der Waals surface area contributed by atoms with Crippen LogP contribution in [-0.2, 0) is 4.79 Å². The number of carbonyl (C=O) groups is 1. The minimum atomic E-state index is -0.880. The predicted molar refractivity (Wildman–Crippen MR) is 51.4 cm³/mol. The summed E-state index contributed by atoms with van der Waals surface area (Å²) in [5.41, 5.74) is 5.90.